The van der Waals surface area contributed by atoms with Gasteiger partial charge in [-0.3, -0.25) is 0 Å². The molecule has 26 heavy (non-hydrogen) atoms. The van der Waals surface area contributed by atoms with Crippen molar-refractivity contribution >= 4 is 0 Å². The van der Waals surface area contributed by atoms with Gasteiger partial charge in [-0.05, 0) is 44.9 Å². The van der Waals surface area contributed by atoms with Gasteiger partial charge in [-0.2, -0.15) is 13.2 Å². The van der Waals surface area contributed by atoms with Crippen molar-refractivity contribution in [1.29, 1.82) is 0 Å². The Morgan fingerprint density at radius 2 is 1.77 bits per heavy atom. The number of ether oxygens (including phenoxy) is 3. The van der Waals surface area contributed by atoms with E-state index < -0.39 is 41.5 Å². The highest BCUT2D eigenvalue weighted by atomic mass is 19.4. The fourth-order valence-electron chi connectivity index (χ4n) is 5.70. The van der Waals surface area contributed by atoms with Gasteiger partial charge < -0.3 is 14.2 Å². The summed E-state index contributed by atoms with van der Waals surface area (Å²) in [5.74, 6) is -4.87. The van der Waals surface area contributed by atoms with Gasteiger partial charge in [0.1, 0.15) is 0 Å². The molecule has 4 aliphatic heterocycles. The maximum Gasteiger partial charge on any atom is 0.443 e. The van der Waals surface area contributed by atoms with E-state index in [1.54, 1.807) is 20.8 Å². The van der Waals surface area contributed by atoms with Crippen molar-refractivity contribution in [3.05, 3.63) is 0 Å². The quantitative estimate of drug-likeness (QED) is 0.673. The van der Waals surface area contributed by atoms with Crippen LogP contribution in [0.4, 0.5) is 13.2 Å². The van der Waals surface area contributed by atoms with E-state index in [4.69, 9.17) is 24.0 Å². The summed E-state index contributed by atoms with van der Waals surface area (Å²) in [6.45, 7) is 6.80. The molecule has 0 aromatic rings. The molecule has 150 valence electrons. The van der Waals surface area contributed by atoms with Crippen molar-refractivity contribution in [2.24, 2.45) is 23.7 Å². The molecule has 8 atom stereocenters. The molecule has 4 saturated heterocycles. The first-order valence-electron chi connectivity index (χ1n) is 9.53. The maximum atomic E-state index is 14.2. The van der Waals surface area contributed by atoms with Crippen LogP contribution in [0, 0.1) is 23.7 Å². The second-order valence-electron chi connectivity index (χ2n) is 8.41. The summed E-state index contributed by atoms with van der Waals surface area (Å²) in [7, 11) is 0. The molecule has 5 aliphatic rings. The minimum atomic E-state index is -4.68. The Labute approximate surface area is 151 Å². The van der Waals surface area contributed by atoms with Crippen LogP contribution in [0.15, 0.2) is 0 Å². The number of halogens is 3. The number of hydrogen-bond acceptors (Lipinski definition) is 5. The molecule has 8 heteroatoms. The highest BCUT2D eigenvalue weighted by molar-refractivity contribution is 5.12. The lowest BCUT2D eigenvalue weighted by Gasteiger charge is -2.62. The summed E-state index contributed by atoms with van der Waals surface area (Å²) < 4.78 is 59.4. The van der Waals surface area contributed by atoms with Gasteiger partial charge >= 0.3 is 6.18 Å². The van der Waals surface area contributed by atoms with Crippen LogP contribution < -0.4 is 0 Å². The van der Waals surface area contributed by atoms with Gasteiger partial charge in [0.15, 0.2) is 11.9 Å². The van der Waals surface area contributed by atoms with Crippen molar-refractivity contribution in [2.75, 3.05) is 6.61 Å². The molecule has 5 fully saturated rings. The van der Waals surface area contributed by atoms with Gasteiger partial charge in [-0.15, -0.1) is 0 Å². The monoisotopic (exact) mass is 380 g/mol. The topological polar surface area (TPSA) is 46.2 Å². The zero-order valence-electron chi connectivity index (χ0n) is 15.6. The summed E-state index contributed by atoms with van der Waals surface area (Å²) >= 11 is 0. The van der Waals surface area contributed by atoms with E-state index in [1.807, 2.05) is 0 Å². The fraction of sp³-hybridized carbons (Fsp3) is 1.00. The molecule has 5 nitrogen and oxygen atoms in total. The zero-order valence-corrected chi connectivity index (χ0v) is 15.6. The van der Waals surface area contributed by atoms with Crippen molar-refractivity contribution < 1.29 is 37.2 Å². The lowest BCUT2D eigenvalue weighted by Crippen LogP contribution is -2.76. The number of fused-ring (bicyclic) bond motifs is 2. The van der Waals surface area contributed by atoms with E-state index in [0.717, 1.165) is 12.8 Å². The third-order valence-electron chi connectivity index (χ3n) is 7.01. The Kier molecular flexibility index (Phi) is 4.22. The molecule has 4 heterocycles. The second-order valence-corrected chi connectivity index (χ2v) is 8.41. The average molecular weight is 380 g/mol. The second kappa shape index (κ2) is 5.80. The van der Waals surface area contributed by atoms with E-state index in [-0.39, 0.29) is 12.5 Å². The van der Waals surface area contributed by atoms with Gasteiger partial charge in [0.05, 0.1) is 0 Å². The first-order chi connectivity index (χ1) is 12.1. The first kappa shape index (κ1) is 18.9. The molecular weight excluding hydrogens is 353 g/mol. The van der Waals surface area contributed by atoms with Crippen LogP contribution in [0.1, 0.15) is 53.4 Å². The summed E-state index contributed by atoms with van der Waals surface area (Å²) in [5.41, 5.74) is -1.03. The highest BCUT2D eigenvalue weighted by Crippen LogP contribution is 2.64. The molecule has 8 unspecified atom stereocenters. The van der Waals surface area contributed by atoms with Gasteiger partial charge in [0, 0.05) is 24.9 Å². The fourth-order valence-corrected chi connectivity index (χ4v) is 5.70. The smallest absolute Gasteiger partial charge is 0.343 e. The predicted octanol–water partition coefficient (Wildman–Crippen LogP) is 4.16. The third-order valence-corrected chi connectivity index (χ3v) is 7.01. The molecule has 0 aromatic heterocycles. The zero-order chi connectivity index (χ0) is 19.0. The Morgan fingerprint density at radius 3 is 2.42 bits per heavy atom. The van der Waals surface area contributed by atoms with Crippen LogP contribution in [-0.4, -0.2) is 36.2 Å². The normalized spacial score (nSPS) is 53.9. The summed E-state index contributed by atoms with van der Waals surface area (Å²) in [5, 5.41) is 0. The molecule has 1 aliphatic carbocycles. The molecule has 1 spiro atoms. The lowest BCUT2D eigenvalue weighted by molar-refractivity contribution is -0.598. The molecule has 2 bridgehead atoms. The van der Waals surface area contributed by atoms with Crippen LogP contribution in [0.2, 0.25) is 0 Å². The average Bonchev–Trinajstić information content (AvgIpc) is 2.78. The molecule has 0 amide bonds. The predicted molar refractivity (Wildman–Crippen MR) is 83.5 cm³/mol. The van der Waals surface area contributed by atoms with Crippen molar-refractivity contribution in [3.8, 4) is 0 Å². The van der Waals surface area contributed by atoms with Crippen molar-refractivity contribution in [2.45, 2.75) is 83.0 Å². The molecule has 5 rings (SSSR count). The first-order valence-corrected chi connectivity index (χ1v) is 9.53. The molecular formula is C18H27F3O5. The van der Waals surface area contributed by atoms with Gasteiger partial charge in [-0.1, -0.05) is 13.8 Å². The molecule has 0 N–H and O–H groups in total. The summed E-state index contributed by atoms with van der Waals surface area (Å²) in [6.07, 6.45) is -3.10. The maximum absolute atomic E-state index is 14.2. The highest BCUT2D eigenvalue weighted by Gasteiger charge is 2.77. The largest absolute Gasteiger partial charge is 0.443 e. The minimum absolute atomic E-state index is 0.0193. The molecule has 0 radical (unpaired) electrons. The van der Waals surface area contributed by atoms with Crippen LogP contribution in [0.25, 0.3) is 0 Å². The van der Waals surface area contributed by atoms with Crippen LogP contribution >= 0.6 is 0 Å². The van der Waals surface area contributed by atoms with Gasteiger partial charge in [0.2, 0.25) is 5.79 Å². The molecule has 1 saturated carbocycles. The van der Waals surface area contributed by atoms with Crippen LogP contribution in [0.5, 0.6) is 0 Å². The Bertz CT molecular complexity index is 572. The SMILES string of the molecule is CCOC1(C(F)(F)F)OC2OC3(C)CCC4C(C)CCC(C1C)C24OO3. The lowest BCUT2D eigenvalue weighted by atomic mass is 9.57. The number of alkyl halides is 3. The minimum Gasteiger partial charge on any atom is -0.343 e. The summed E-state index contributed by atoms with van der Waals surface area (Å²) in [4.78, 5) is 11.5. The van der Waals surface area contributed by atoms with Crippen LogP contribution in [-0.2, 0) is 24.0 Å². The third kappa shape index (κ3) is 2.28. The van der Waals surface area contributed by atoms with E-state index >= 15 is 0 Å². The Balaban J connectivity index is 1.84. The summed E-state index contributed by atoms with van der Waals surface area (Å²) in [6, 6.07) is 0. The Morgan fingerprint density at radius 1 is 1.04 bits per heavy atom. The van der Waals surface area contributed by atoms with E-state index in [0.29, 0.717) is 18.8 Å². The van der Waals surface area contributed by atoms with E-state index in [9.17, 15) is 13.2 Å². The van der Waals surface area contributed by atoms with Crippen molar-refractivity contribution in [1.82, 2.24) is 0 Å². The van der Waals surface area contributed by atoms with Gasteiger partial charge in [0.25, 0.3) is 5.79 Å². The van der Waals surface area contributed by atoms with Crippen LogP contribution in [0.3, 0.4) is 0 Å². The van der Waals surface area contributed by atoms with Gasteiger partial charge in [-0.25, -0.2) is 9.78 Å². The number of rotatable bonds is 2. The van der Waals surface area contributed by atoms with E-state index in [1.165, 1.54) is 0 Å². The molecule has 0 aromatic carbocycles. The standard InChI is InChI=1S/C18H27F3O5/c1-5-22-17(18(19,20)21)11(3)13-7-6-10(2)12-8-9-15(4)23-14(24-17)16(12,13)26-25-15/h10-14H,5-9H2,1-4H3. The van der Waals surface area contributed by atoms with Crippen molar-refractivity contribution in [3.63, 3.8) is 0 Å². The Hall–Kier alpha value is -0.410. The number of hydrogen-bond donors (Lipinski definition) is 0. The van der Waals surface area contributed by atoms with E-state index in [2.05, 4.69) is 6.92 Å².